The van der Waals surface area contributed by atoms with Crippen LogP contribution in [-0.2, 0) is 82.2 Å². The van der Waals surface area contributed by atoms with E-state index in [0.29, 0.717) is 87.4 Å². The van der Waals surface area contributed by atoms with Crippen molar-refractivity contribution in [1.29, 1.82) is 0 Å². The van der Waals surface area contributed by atoms with Crippen molar-refractivity contribution in [2.24, 2.45) is 15.9 Å². The number of H-pyrrole nitrogens is 2. The van der Waals surface area contributed by atoms with Crippen LogP contribution in [0.15, 0.2) is 161 Å². The van der Waals surface area contributed by atoms with E-state index in [2.05, 4.69) is 35.8 Å². The lowest BCUT2D eigenvalue weighted by Crippen LogP contribution is -2.63. The van der Waals surface area contributed by atoms with Gasteiger partial charge in [-0.15, -0.1) is 11.3 Å². The first-order valence-corrected chi connectivity index (χ1v) is 45.9. The van der Waals surface area contributed by atoms with Crippen molar-refractivity contribution in [1.82, 2.24) is 75.0 Å². The fourth-order valence-corrected chi connectivity index (χ4v) is 20.3. The largest absolute Gasteiger partial charge is 0.497 e. The van der Waals surface area contributed by atoms with E-state index in [1.165, 1.54) is 30.9 Å². The summed E-state index contributed by atoms with van der Waals surface area (Å²) in [6.07, 6.45) is 8.27. The van der Waals surface area contributed by atoms with Gasteiger partial charge in [-0.05, 0) is 136 Å². The summed E-state index contributed by atoms with van der Waals surface area (Å²) >= 11 is 1.36. The van der Waals surface area contributed by atoms with Gasteiger partial charge >= 0.3 is 0 Å². The highest BCUT2D eigenvalue weighted by Gasteiger charge is 2.66. The molecule has 5 fully saturated rings. The Labute approximate surface area is 751 Å². The number of carbonyl (C=O) groups is 9. The third-order valence-corrected chi connectivity index (χ3v) is 27.5. The molecule has 32 heteroatoms. The molecule has 1 spiro atoms. The number of likely N-dealkylation sites (N-methyl/N-ethyl adjacent to an activating group) is 5. The number of amides is 9. The molecule has 0 bridgehead atoms. The summed E-state index contributed by atoms with van der Waals surface area (Å²) in [5.74, 6) is -1.49. The maximum absolute atomic E-state index is 16.1. The number of aromatic nitrogens is 3. The Morgan fingerprint density at radius 1 is 0.672 bits per heavy atom. The molecule has 0 unspecified atom stereocenters. The van der Waals surface area contributed by atoms with Crippen LogP contribution >= 0.6 is 11.3 Å². The van der Waals surface area contributed by atoms with Crippen molar-refractivity contribution in [3.05, 3.63) is 184 Å². The summed E-state index contributed by atoms with van der Waals surface area (Å²) in [7, 11) is 11.5. The maximum Gasteiger partial charge on any atom is 0.249 e. The minimum atomic E-state index is -1.40. The summed E-state index contributed by atoms with van der Waals surface area (Å²) in [6.45, 7) is 9.55. The molecular weight excluding hydrogens is 1650 g/mol. The second kappa shape index (κ2) is 39.2. The highest BCUT2D eigenvalue weighted by atomic mass is 32.1. The average molecular weight is 1770 g/mol. The van der Waals surface area contributed by atoms with E-state index in [0.717, 1.165) is 68.9 Å². The predicted octanol–water partition coefficient (Wildman–Crippen LogP) is 8.12. The Morgan fingerprint density at radius 2 is 1.30 bits per heavy atom. The van der Waals surface area contributed by atoms with Crippen LogP contribution in [0.25, 0.3) is 21.8 Å². The maximum atomic E-state index is 16.1. The molecule has 5 N–H and O–H groups in total. The number of nitrogens with one attached hydrogen (secondary N) is 5. The summed E-state index contributed by atoms with van der Waals surface area (Å²) in [6, 6.07) is 35.3. The Kier molecular flexibility index (Phi) is 27.9. The standard InChI is InChI=1S/C96H121N17O14S/c1-12-109(48-42-82(115)113-58-73(126-14-3)54-93(113,65-32-33-65)92(122)108(9)80(51-69-59-128-61-100-69)87(119)107(8)62(4)86(118)105(5)6)88(120)83(89(121)110-45-23-16-24-46-110)99-60-106(7)91-95(104-91)44-25-47-112(95)90-94(103-90,53-64-56-98-77-31-22-20-29-75(64)77)102-84(116)78(50-63-55-97-76-30-21-19-28-74(63)76)101-85(117)79-52-72(125-13-2)57-111(79)81(114)43-49-127-96(66-26-17-15-18-27-66,67-34-38-70(123-10)39-35-67)68-36-40-71(124-11)41-37-68/h15,17-22,26-31,34-41,55-56,59,61-62,65,72-73,78-80,83,97-99H,12-14,16,23-25,32-33,42-54,57-58,60H2,1-11H3,(H,101,117)(H,102,116)/t62-,72+,73+,78-,79-,80-,83-,93+,94+,95-/m0/s1. The quantitative estimate of drug-likeness (QED) is 0.0138. The summed E-state index contributed by atoms with van der Waals surface area (Å²) < 4.78 is 30.8. The molecule has 6 aliphatic heterocycles. The molecule has 680 valence electrons. The van der Waals surface area contributed by atoms with E-state index in [1.807, 2.05) is 178 Å². The van der Waals surface area contributed by atoms with Crippen LogP contribution in [0.4, 0.5) is 0 Å². The van der Waals surface area contributed by atoms with Crippen molar-refractivity contribution in [3.63, 3.8) is 0 Å². The SMILES string of the molecule is CCO[C@@H]1C[C@@H](C(=O)N[C@@H](Cc2c[nH]c3ccccc23)C(=O)N[C@]2(Cc3c[nH]c4ccccc34)N=C2N2CCC[C@]23N=C3N(C)CN[C@@H](C(=O)N(CC)CCC(=O)N2C[C@H](OCC)C[C@]2(C(=O)N(C)[C@@H](Cc2cscn2)C(=O)N(C)[C@@H](C)C(=O)N(C)C)C2CC2)C(=O)N2CCCCC2)N(C(=O)CCOC(c2ccccc2)(c2ccc(OC)cc2)c2ccc(OC)cc2)C1. The van der Waals surface area contributed by atoms with Gasteiger partial charge in [0, 0.05) is 179 Å². The van der Waals surface area contributed by atoms with Gasteiger partial charge in [0.1, 0.15) is 46.8 Å². The number of benzene rings is 5. The number of carbonyl (C=O) groups excluding carboxylic acids is 9. The topological polar surface area (TPSA) is 334 Å². The molecule has 5 aromatic carbocycles. The van der Waals surface area contributed by atoms with Crippen LogP contribution in [0.5, 0.6) is 11.5 Å². The molecule has 1 aliphatic carbocycles. The van der Waals surface area contributed by atoms with Crippen LogP contribution in [0.2, 0.25) is 0 Å². The lowest BCUT2D eigenvalue weighted by atomic mass is 9.80. The second-order valence-electron chi connectivity index (χ2n) is 34.9. The molecule has 15 rings (SSSR count). The van der Waals surface area contributed by atoms with E-state index >= 15 is 33.6 Å². The van der Waals surface area contributed by atoms with Crippen molar-refractivity contribution < 1.29 is 66.8 Å². The molecule has 8 aromatic rings. The van der Waals surface area contributed by atoms with Gasteiger partial charge in [-0.2, -0.15) is 0 Å². The third kappa shape index (κ3) is 18.6. The zero-order chi connectivity index (χ0) is 90.3. The number of nitrogens with zero attached hydrogens (tertiary/aromatic N) is 12. The number of aromatic amines is 2. The summed E-state index contributed by atoms with van der Waals surface area (Å²) in [5, 5.41) is 13.6. The zero-order valence-corrected chi connectivity index (χ0v) is 76.0. The minimum Gasteiger partial charge on any atom is -0.497 e. The molecule has 10 atom stereocenters. The third-order valence-electron chi connectivity index (χ3n) is 26.9. The Balaban J connectivity index is 0.658. The first kappa shape index (κ1) is 91.2. The summed E-state index contributed by atoms with van der Waals surface area (Å²) in [5.41, 5.74) is 3.17. The molecule has 9 heterocycles. The molecular formula is C96H121N17O14S. The smallest absolute Gasteiger partial charge is 0.249 e. The second-order valence-corrected chi connectivity index (χ2v) is 35.7. The van der Waals surface area contributed by atoms with Gasteiger partial charge in [0.25, 0.3) is 0 Å². The highest BCUT2D eigenvalue weighted by Crippen LogP contribution is 2.52. The van der Waals surface area contributed by atoms with Crippen LogP contribution in [-0.4, -0.2) is 305 Å². The minimum absolute atomic E-state index is 0.00577. The van der Waals surface area contributed by atoms with Gasteiger partial charge in [0.15, 0.2) is 29.0 Å². The molecule has 3 aromatic heterocycles. The van der Waals surface area contributed by atoms with Gasteiger partial charge in [0.05, 0.1) is 57.3 Å². The number of rotatable bonds is 38. The fourth-order valence-electron chi connectivity index (χ4n) is 19.8. The molecule has 0 radical (unpaired) electrons. The Hall–Kier alpha value is -11.6. The molecule has 7 aliphatic rings. The van der Waals surface area contributed by atoms with Crippen LogP contribution in [0, 0.1) is 5.92 Å². The Morgan fingerprint density at radius 3 is 1.93 bits per heavy atom. The van der Waals surface area contributed by atoms with Crippen LogP contribution in [0.3, 0.4) is 0 Å². The number of piperidine rings is 1. The molecule has 1 saturated carbocycles. The lowest BCUT2D eigenvalue weighted by molar-refractivity contribution is -0.158. The normalized spacial score (nSPS) is 21.6. The van der Waals surface area contributed by atoms with E-state index in [-0.39, 0.29) is 114 Å². The van der Waals surface area contributed by atoms with E-state index < -0.39 is 94.4 Å². The first-order valence-electron chi connectivity index (χ1n) is 45.0. The highest BCUT2D eigenvalue weighted by molar-refractivity contribution is 7.07. The van der Waals surface area contributed by atoms with Gasteiger partial charge in [-0.1, -0.05) is 91.0 Å². The summed E-state index contributed by atoms with van der Waals surface area (Å²) in [4.78, 5) is 173. The zero-order valence-electron chi connectivity index (χ0n) is 75.2. The number of methoxy groups -OCH3 is 2. The monoisotopic (exact) mass is 1770 g/mol. The van der Waals surface area contributed by atoms with Gasteiger partial charge in [-0.3, -0.25) is 48.5 Å². The van der Waals surface area contributed by atoms with Gasteiger partial charge in [-0.25, -0.2) is 15.0 Å². The molecule has 4 saturated heterocycles. The Bertz CT molecular complexity index is 5340. The fraction of sp³-hybridized carbons (Fsp3) is 0.500. The molecule has 31 nitrogen and oxygen atoms in total. The number of aliphatic imine (C=N–C) groups is 2. The van der Waals surface area contributed by atoms with Crippen LogP contribution in [0.1, 0.15) is 132 Å². The number of ether oxygens (including phenoxy) is 5. The lowest BCUT2D eigenvalue weighted by Gasteiger charge is -2.43. The van der Waals surface area contributed by atoms with Crippen LogP contribution < -0.4 is 25.4 Å². The number of likely N-dealkylation sites (tertiary alicyclic amines) is 4. The van der Waals surface area contributed by atoms with Crippen molar-refractivity contribution in [2.75, 3.05) is 122 Å². The van der Waals surface area contributed by atoms with Gasteiger partial charge in [0.2, 0.25) is 53.2 Å². The number of thiazole rings is 1. The van der Waals surface area contributed by atoms with Crippen molar-refractivity contribution in [3.8, 4) is 11.5 Å². The average Bonchev–Trinajstić information content (AvgIpc) is 1.52. The number of fused-ring (bicyclic) bond motifs is 2. The van der Waals surface area contributed by atoms with Gasteiger partial charge < -0.3 is 88.4 Å². The number of amidine groups is 2. The van der Waals surface area contributed by atoms with E-state index in [1.54, 1.807) is 69.5 Å². The van der Waals surface area contributed by atoms with E-state index in [9.17, 15) is 9.59 Å². The molecule has 9 amide bonds. The van der Waals surface area contributed by atoms with Crippen molar-refractivity contribution >= 4 is 98.0 Å². The number of hydrogen-bond donors (Lipinski definition) is 5. The predicted molar refractivity (Wildman–Crippen MR) is 486 cm³/mol. The van der Waals surface area contributed by atoms with E-state index in [4.69, 9.17) is 33.7 Å². The number of para-hydroxylation sites is 2. The van der Waals surface area contributed by atoms with Crippen molar-refractivity contribution in [2.45, 2.75) is 182 Å². The first-order chi connectivity index (χ1) is 61.8. The molecule has 128 heavy (non-hydrogen) atoms. The number of hydrogen-bond acceptors (Lipinski definition) is 21.